The summed E-state index contributed by atoms with van der Waals surface area (Å²) in [5.41, 5.74) is -0.100. The van der Waals surface area contributed by atoms with E-state index in [0.29, 0.717) is 6.04 Å². The maximum Gasteiger partial charge on any atom is 0.0611 e. The van der Waals surface area contributed by atoms with Crippen LogP contribution in [0, 0.1) is 0 Å². The van der Waals surface area contributed by atoms with Crippen LogP contribution in [0.15, 0.2) is 0 Å². The van der Waals surface area contributed by atoms with Crippen LogP contribution < -0.4 is 5.32 Å². The number of likely N-dealkylation sites (tertiary alicyclic amines) is 1. The van der Waals surface area contributed by atoms with Gasteiger partial charge in [0.15, 0.2) is 0 Å². The van der Waals surface area contributed by atoms with Crippen LogP contribution in [0.3, 0.4) is 0 Å². The van der Waals surface area contributed by atoms with Crippen LogP contribution in [-0.4, -0.2) is 72.9 Å². The number of aliphatic hydroxyl groups is 1. The second-order valence-corrected chi connectivity index (χ2v) is 6.93. The average Bonchev–Trinajstić information content (AvgIpc) is 3.10. The van der Waals surface area contributed by atoms with Crippen LogP contribution in [-0.2, 0) is 0 Å². The Kier molecular flexibility index (Phi) is 5.23. The van der Waals surface area contributed by atoms with Crippen molar-refractivity contribution in [1.29, 1.82) is 0 Å². The molecular weight excluding hydrogens is 238 g/mol. The highest BCUT2D eigenvalue weighted by Crippen LogP contribution is 2.24. The Balaban J connectivity index is 1.70. The Morgan fingerprint density at radius 1 is 1.37 bits per heavy atom. The van der Waals surface area contributed by atoms with Gasteiger partial charge >= 0.3 is 0 Å². The van der Waals surface area contributed by atoms with Crippen molar-refractivity contribution in [3.8, 4) is 0 Å². The Hall–Kier alpha value is -0.160. The first-order valence-electron chi connectivity index (χ1n) is 7.80. The maximum atomic E-state index is 9.61. The standard InChI is InChI=1S/C15H31N3O/c1-15(12-19,16-13-6-7-13)8-10-17(2)11-14-5-4-9-18(14)3/h13-14,16,19H,4-12H2,1-3H3. The summed E-state index contributed by atoms with van der Waals surface area (Å²) in [4.78, 5) is 4.90. The quantitative estimate of drug-likeness (QED) is 0.687. The molecule has 19 heavy (non-hydrogen) atoms. The second kappa shape index (κ2) is 6.53. The van der Waals surface area contributed by atoms with Crippen LogP contribution >= 0.6 is 0 Å². The predicted octanol–water partition coefficient (Wildman–Crippen LogP) is 0.906. The molecule has 1 aliphatic heterocycles. The molecule has 2 atom stereocenters. The number of nitrogens with one attached hydrogen (secondary N) is 1. The molecule has 2 aliphatic rings. The van der Waals surface area contributed by atoms with Crippen molar-refractivity contribution in [2.75, 3.05) is 40.3 Å². The topological polar surface area (TPSA) is 38.7 Å². The number of likely N-dealkylation sites (N-methyl/N-ethyl adjacent to an activating group) is 2. The van der Waals surface area contributed by atoms with Crippen LogP contribution in [0.2, 0.25) is 0 Å². The zero-order valence-corrected chi connectivity index (χ0v) is 12.9. The van der Waals surface area contributed by atoms with Gasteiger partial charge in [-0.2, -0.15) is 0 Å². The van der Waals surface area contributed by atoms with Crippen LogP contribution in [0.4, 0.5) is 0 Å². The van der Waals surface area contributed by atoms with Gasteiger partial charge in [0.2, 0.25) is 0 Å². The van der Waals surface area contributed by atoms with E-state index in [2.05, 4.69) is 36.1 Å². The van der Waals surface area contributed by atoms with Gasteiger partial charge in [-0.25, -0.2) is 0 Å². The van der Waals surface area contributed by atoms with E-state index in [-0.39, 0.29) is 12.1 Å². The lowest BCUT2D eigenvalue weighted by atomic mass is 9.98. The monoisotopic (exact) mass is 269 g/mol. The summed E-state index contributed by atoms with van der Waals surface area (Å²) in [6.45, 7) is 5.85. The molecule has 0 bridgehead atoms. The molecule has 1 aliphatic carbocycles. The van der Waals surface area contributed by atoms with Gasteiger partial charge in [-0.05, 0) is 66.2 Å². The predicted molar refractivity (Wildman–Crippen MR) is 79.4 cm³/mol. The lowest BCUT2D eigenvalue weighted by Gasteiger charge is -2.32. The third kappa shape index (κ3) is 4.71. The first-order valence-corrected chi connectivity index (χ1v) is 7.80. The minimum Gasteiger partial charge on any atom is -0.394 e. The summed E-state index contributed by atoms with van der Waals surface area (Å²) in [6.07, 6.45) is 6.24. The minimum atomic E-state index is -0.100. The lowest BCUT2D eigenvalue weighted by Crippen LogP contribution is -2.49. The van der Waals surface area contributed by atoms with Crippen molar-refractivity contribution in [1.82, 2.24) is 15.1 Å². The van der Waals surface area contributed by atoms with E-state index in [0.717, 1.165) is 25.6 Å². The van der Waals surface area contributed by atoms with Gasteiger partial charge in [0.25, 0.3) is 0 Å². The zero-order valence-electron chi connectivity index (χ0n) is 12.9. The SMILES string of the molecule is CN(CCC(C)(CO)NC1CC1)CC1CCCN1C. The fourth-order valence-corrected chi connectivity index (χ4v) is 3.02. The highest BCUT2D eigenvalue weighted by atomic mass is 16.3. The molecule has 112 valence electrons. The van der Waals surface area contributed by atoms with Crippen molar-refractivity contribution >= 4 is 0 Å². The van der Waals surface area contributed by atoms with Crippen molar-refractivity contribution in [3.05, 3.63) is 0 Å². The van der Waals surface area contributed by atoms with Gasteiger partial charge in [-0.3, -0.25) is 0 Å². The first kappa shape index (κ1) is 15.2. The number of nitrogens with zero attached hydrogens (tertiary/aromatic N) is 2. The number of hydrogen-bond acceptors (Lipinski definition) is 4. The molecular formula is C15H31N3O. The van der Waals surface area contributed by atoms with Crippen molar-refractivity contribution in [2.45, 2.75) is 56.7 Å². The van der Waals surface area contributed by atoms with E-state index < -0.39 is 0 Å². The molecule has 2 unspecified atom stereocenters. The Labute approximate surface area is 118 Å². The van der Waals surface area contributed by atoms with E-state index >= 15 is 0 Å². The van der Waals surface area contributed by atoms with Crippen molar-refractivity contribution in [3.63, 3.8) is 0 Å². The van der Waals surface area contributed by atoms with E-state index in [1.807, 2.05) is 0 Å². The number of rotatable bonds is 8. The molecule has 0 aromatic heterocycles. The second-order valence-electron chi connectivity index (χ2n) is 6.93. The van der Waals surface area contributed by atoms with Crippen LogP contribution in [0.25, 0.3) is 0 Å². The number of hydrogen-bond donors (Lipinski definition) is 2. The molecule has 2 N–H and O–H groups in total. The Bertz CT molecular complexity index is 283. The van der Waals surface area contributed by atoms with E-state index in [4.69, 9.17) is 0 Å². The van der Waals surface area contributed by atoms with Crippen molar-refractivity contribution in [2.24, 2.45) is 0 Å². The number of aliphatic hydroxyl groups excluding tert-OH is 1. The first-order chi connectivity index (χ1) is 9.02. The van der Waals surface area contributed by atoms with Crippen LogP contribution in [0.5, 0.6) is 0 Å². The highest BCUT2D eigenvalue weighted by Gasteiger charge is 2.32. The summed E-state index contributed by atoms with van der Waals surface area (Å²) < 4.78 is 0. The summed E-state index contributed by atoms with van der Waals surface area (Å²) in [5.74, 6) is 0. The normalized spacial score (nSPS) is 27.9. The molecule has 0 amide bonds. The molecule has 1 saturated carbocycles. The summed E-state index contributed by atoms with van der Waals surface area (Å²) in [6, 6.07) is 1.38. The molecule has 0 spiro atoms. The molecule has 1 heterocycles. The molecule has 0 aromatic carbocycles. The molecule has 0 aromatic rings. The molecule has 2 rings (SSSR count). The summed E-state index contributed by atoms with van der Waals surface area (Å²) in [5, 5.41) is 13.2. The largest absolute Gasteiger partial charge is 0.394 e. The smallest absolute Gasteiger partial charge is 0.0611 e. The van der Waals surface area contributed by atoms with Gasteiger partial charge in [0.1, 0.15) is 0 Å². The maximum absolute atomic E-state index is 9.61. The van der Waals surface area contributed by atoms with E-state index in [1.165, 1.54) is 32.2 Å². The van der Waals surface area contributed by atoms with Crippen molar-refractivity contribution < 1.29 is 5.11 Å². The average molecular weight is 269 g/mol. The molecule has 0 radical (unpaired) electrons. The third-order valence-electron chi connectivity index (χ3n) is 4.72. The van der Waals surface area contributed by atoms with E-state index in [1.54, 1.807) is 0 Å². The Morgan fingerprint density at radius 2 is 2.11 bits per heavy atom. The van der Waals surface area contributed by atoms with Gasteiger partial charge in [0, 0.05) is 24.2 Å². The summed E-state index contributed by atoms with van der Waals surface area (Å²) in [7, 11) is 4.44. The zero-order chi connectivity index (χ0) is 13.9. The third-order valence-corrected chi connectivity index (χ3v) is 4.72. The van der Waals surface area contributed by atoms with Gasteiger partial charge in [-0.15, -0.1) is 0 Å². The van der Waals surface area contributed by atoms with Gasteiger partial charge in [0.05, 0.1) is 6.61 Å². The molecule has 2 fully saturated rings. The highest BCUT2D eigenvalue weighted by molar-refractivity contribution is 4.92. The van der Waals surface area contributed by atoms with E-state index in [9.17, 15) is 5.11 Å². The fraction of sp³-hybridized carbons (Fsp3) is 1.00. The van der Waals surface area contributed by atoms with Gasteiger partial charge < -0.3 is 20.2 Å². The Morgan fingerprint density at radius 3 is 2.63 bits per heavy atom. The fourth-order valence-electron chi connectivity index (χ4n) is 3.02. The molecule has 4 heteroatoms. The molecule has 4 nitrogen and oxygen atoms in total. The lowest BCUT2D eigenvalue weighted by molar-refractivity contribution is 0.142. The molecule has 1 saturated heterocycles. The van der Waals surface area contributed by atoms with Gasteiger partial charge in [-0.1, -0.05) is 0 Å². The minimum absolute atomic E-state index is 0.100. The summed E-state index contributed by atoms with van der Waals surface area (Å²) >= 11 is 0. The van der Waals surface area contributed by atoms with Crippen LogP contribution in [0.1, 0.15) is 39.0 Å².